The van der Waals surface area contributed by atoms with E-state index in [1.165, 1.54) is 6.20 Å². The van der Waals surface area contributed by atoms with Crippen LogP contribution in [0.3, 0.4) is 0 Å². The van der Waals surface area contributed by atoms with Crippen molar-refractivity contribution in [3.05, 3.63) is 45.6 Å². The molecule has 0 unspecified atom stereocenters. The van der Waals surface area contributed by atoms with Crippen LogP contribution < -0.4 is 36.2 Å². The van der Waals surface area contributed by atoms with Gasteiger partial charge in [-0.1, -0.05) is 11.6 Å². The summed E-state index contributed by atoms with van der Waals surface area (Å²) in [5, 5.41) is 3.21. The van der Waals surface area contributed by atoms with Gasteiger partial charge in [-0.25, -0.2) is 23.7 Å². The summed E-state index contributed by atoms with van der Waals surface area (Å²) >= 11 is 6.58. The van der Waals surface area contributed by atoms with E-state index in [9.17, 15) is 18.4 Å². The van der Waals surface area contributed by atoms with Gasteiger partial charge in [-0.3, -0.25) is 14.6 Å². The number of rotatable bonds is 14. The predicted molar refractivity (Wildman–Crippen MR) is 219 cm³/mol. The summed E-state index contributed by atoms with van der Waals surface area (Å²) in [6.07, 6.45) is 1.72. The number of aromatic nitrogens is 8. The molecule has 2 fully saturated rings. The fraction of sp³-hybridized carbons (Fsp3) is 0.526. The smallest absolute Gasteiger partial charge is 0.281 e. The minimum atomic E-state index is -2.93. The third-order valence-corrected chi connectivity index (χ3v) is 11.1. The molecule has 0 aromatic carbocycles. The number of piperazine rings is 1. The summed E-state index contributed by atoms with van der Waals surface area (Å²) in [7, 11) is 1.63. The Labute approximate surface area is 350 Å². The minimum absolute atomic E-state index is 0.000548. The predicted octanol–water partition coefficient (Wildman–Crippen LogP) is 2.86. The molecule has 0 bridgehead atoms. The molecule has 7 rings (SSSR count). The highest BCUT2D eigenvalue weighted by molar-refractivity contribution is 6.30. The van der Waals surface area contributed by atoms with E-state index >= 15 is 0 Å². The first-order chi connectivity index (χ1) is 28.9. The number of anilines is 5. The van der Waals surface area contributed by atoms with Gasteiger partial charge >= 0.3 is 0 Å². The number of hydrogen-bond acceptors (Lipinski definition) is 17. The Hall–Kier alpha value is -5.83. The van der Waals surface area contributed by atoms with Crippen LogP contribution in [0.5, 0.6) is 5.75 Å². The summed E-state index contributed by atoms with van der Waals surface area (Å²) in [4.78, 5) is 68.7. The third kappa shape index (κ3) is 9.46. The summed E-state index contributed by atoms with van der Waals surface area (Å²) in [5.41, 5.74) is 14.3. The highest BCUT2D eigenvalue weighted by Crippen LogP contribution is 2.42. The number of alkyl halides is 2. The molecule has 0 spiro atoms. The Morgan fingerprint density at radius 3 is 2.35 bits per heavy atom. The molecule has 1 atom stereocenters. The van der Waals surface area contributed by atoms with Gasteiger partial charge < -0.3 is 45.9 Å². The topological polar surface area (TPSA) is 233 Å². The number of fused-ring (bicyclic) bond motifs is 1. The van der Waals surface area contributed by atoms with Crippen molar-refractivity contribution < 1.29 is 27.8 Å². The summed E-state index contributed by atoms with van der Waals surface area (Å²) in [6, 6.07) is 0. The van der Waals surface area contributed by atoms with Gasteiger partial charge in [0.15, 0.2) is 5.82 Å². The number of pyridine rings is 1. The molecule has 0 radical (unpaired) electrons. The molecule has 3 aliphatic rings. The van der Waals surface area contributed by atoms with Crippen molar-refractivity contribution in [1.82, 2.24) is 50.1 Å². The van der Waals surface area contributed by atoms with Gasteiger partial charge in [-0.2, -0.15) is 19.9 Å². The number of nitrogen functional groups attached to an aromatic ring is 2. The maximum atomic E-state index is 14.0. The van der Waals surface area contributed by atoms with Crippen molar-refractivity contribution >= 4 is 53.0 Å². The number of morpholine rings is 1. The van der Waals surface area contributed by atoms with E-state index in [0.717, 1.165) is 22.6 Å². The van der Waals surface area contributed by atoms with E-state index < -0.39 is 12.1 Å². The van der Waals surface area contributed by atoms with E-state index in [1.54, 1.807) is 18.2 Å². The lowest BCUT2D eigenvalue weighted by Gasteiger charge is -2.35. The van der Waals surface area contributed by atoms with Crippen molar-refractivity contribution in [3.63, 3.8) is 0 Å². The Bertz CT molecular complexity index is 2210. The van der Waals surface area contributed by atoms with Gasteiger partial charge in [0.1, 0.15) is 22.4 Å². The van der Waals surface area contributed by atoms with Crippen LogP contribution in [0.25, 0.3) is 11.4 Å². The molecule has 7 heterocycles. The standard InChI is InChI=1S/C38H48ClF2N15O4/c1-21-17-45-25(22(2)30(21)59-3)20-56-19-23(28-31(39)48-36(43)51-34(28)56)16-26(57)44-7-5-4-6-27(58)53-8-10-54(11-9-53)37-49-33(24-18-46-35(42)47-29(24)32(40)41)50-38(52-37)55-12-14-60-15-13-55/h17-18,23,32H,4-16,19-20H2,1-3H3,(H,44,57)(H2,42,46,47)(H2,43,48,51)/t23-/m0/s1. The van der Waals surface area contributed by atoms with Crippen LogP contribution in [-0.4, -0.2) is 129 Å². The van der Waals surface area contributed by atoms with E-state index in [-0.39, 0.29) is 52.6 Å². The molecule has 320 valence electrons. The molecule has 2 amide bonds. The first-order valence-electron chi connectivity index (χ1n) is 19.8. The van der Waals surface area contributed by atoms with E-state index in [4.69, 9.17) is 37.5 Å². The molecule has 5 N–H and O–H groups in total. The van der Waals surface area contributed by atoms with Gasteiger partial charge in [-0.15, -0.1) is 0 Å². The van der Waals surface area contributed by atoms with Gasteiger partial charge in [0, 0.05) is 100 Å². The molecule has 4 aromatic heterocycles. The van der Waals surface area contributed by atoms with Crippen LogP contribution in [0.2, 0.25) is 5.15 Å². The largest absolute Gasteiger partial charge is 0.496 e. The van der Waals surface area contributed by atoms with Gasteiger partial charge in [0.25, 0.3) is 6.43 Å². The van der Waals surface area contributed by atoms with Gasteiger partial charge in [0.2, 0.25) is 35.6 Å². The first kappa shape index (κ1) is 42.3. The lowest BCUT2D eigenvalue weighted by atomic mass is 10.00. The molecular weight excluding hydrogens is 804 g/mol. The molecule has 60 heavy (non-hydrogen) atoms. The highest BCUT2D eigenvalue weighted by Gasteiger charge is 2.36. The molecule has 0 saturated carbocycles. The van der Waals surface area contributed by atoms with E-state index in [0.29, 0.717) is 115 Å². The second kappa shape index (κ2) is 18.6. The number of nitrogens with zero attached hydrogens (tertiary/aromatic N) is 12. The summed E-state index contributed by atoms with van der Waals surface area (Å²) < 4.78 is 39.1. The average molecular weight is 852 g/mol. The lowest BCUT2D eigenvalue weighted by molar-refractivity contribution is -0.131. The zero-order chi connectivity index (χ0) is 42.5. The Kier molecular flexibility index (Phi) is 13.1. The van der Waals surface area contributed by atoms with Crippen LogP contribution >= 0.6 is 11.6 Å². The van der Waals surface area contributed by atoms with E-state index in [2.05, 4.69) is 40.2 Å². The Morgan fingerprint density at radius 1 is 0.933 bits per heavy atom. The van der Waals surface area contributed by atoms with Crippen molar-refractivity contribution in [2.24, 2.45) is 0 Å². The number of nitrogens with two attached hydrogens (primary N) is 2. The zero-order valence-corrected chi connectivity index (χ0v) is 34.5. The molecule has 3 aliphatic heterocycles. The number of halogens is 3. The van der Waals surface area contributed by atoms with Gasteiger partial charge in [-0.05, 0) is 26.7 Å². The van der Waals surface area contributed by atoms with Crippen LogP contribution in [-0.2, 0) is 20.9 Å². The maximum Gasteiger partial charge on any atom is 0.281 e. The monoisotopic (exact) mass is 851 g/mol. The molecule has 2 saturated heterocycles. The highest BCUT2D eigenvalue weighted by atomic mass is 35.5. The number of carbonyl (C=O) groups is 2. The number of unbranched alkanes of at least 4 members (excludes halogenated alkanes) is 1. The third-order valence-electron chi connectivity index (χ3n) is 10.8. The average Bonchev–Trinajstić information content (AvgIpc) is 3.57. The molecule has 0 aliphatic carbocycles. The number of methoxy groups -OCH3 is 1. The fourth-order valence-electron chi connectivity index (χ4n) is 7.71. The van der Waals surface area contributed by atoms with Crippen LogP contribution in [0.15, 0.2) is 12.4 Å². The zero-order valence-electron chi connectivity index (χ0n) is 33.7. The van der Waals surface area contributed by atoms with Crippen molar-refractivity contribution in [3.8, 4) is 17.1 Å². The fourth-order valence-corrected chi connectivity index (χ4v) is 8.03. The van der Waals surface area contributed by atoms with Crippen LogP contribution in [0, 0.1) is 13.8 Å². The number of carbonyl (C=O) groups excluding carboxylic acids is 2. The van der Waals surface area contributed by atoms with Crippen LogP contribution in [0.1, 0.15) is 66.1 Å². The number of ether oxygens (including phenoxy) is 2. The number of nitrogens with one attached hydrogen (secondary N) is 1. The van der Waals surface area contributed by atoms with Crippen molar-refractivity contribution in [1.29, 1.82) is 0 Å². The number of aryl methyl sites for hydroxylation is 1. The Balaban J connectivity index is 0.900. The number of hydrogen-bond donors (Lipinski definition) is 3. The summed E-state index contributed by atoms with van der Waals surface area (Å²) in [6.45, 7) is 8.85. The Morgan fingerprint density at radius 2 is 1.65 bits per heavy atom. The SMILES string of the molecule is COc1c(C)cnc(CN2C[C@H](CC(=O)NCCCCC(=O)N3CCN(c4nc(-c5cnc(N)nc5C(F)F)nc(N5CCOCC5)n4)CC3)c3c(Cl)nc(N)nc32)c1C. The minimum Gasteiger partial charge on any atom is -0.496 e. The second-order valence-electron chi connectivity index (χ2n) is 14.8. The van der Waals surface area contributed by atoms with Gasteiger partial charge in [0.05, 0.1) is 38.1 Å². The lowest BCUT2D eigenvalue weighted by Crippen LogP contribution is -2.49. The van der Waals surface area contributed by atoms with E-state index in [1.807, 2.05) is 28.5 Å². The number of amides is 2. The molecule has 22 heteroatoms. The molecular formula is C38H48ClF2N15O4. The maximum absolute atomic E-state index is 14.0. The van der Waals surface area contributed by atoms with Crippen LogP contribution in [0.4, 0.5) is 38.4 Å². The molecule has 19 nitrogen and oxygen atoms in total. The van der Waals surface area contributed by atoms with Crippen molar-refractivity contribution in [2.45, 2.75) is 58.4 Å². The quantitative estimate of drug-likeness (QED) is 0.122. The normalized spacial score (nSPS) is 16.7. The molecule has 4 aromatic rings. The first-order valence-corrected chi connectivity index (χ1v) is 20.1. The van der Waals surface area contributed by atoms with Crippen molar-refractivity contribution in [2.75, 3.05) is 98.8 Å². The second-order valence-corrected chi connectivity index (χ2v) is 15.2. The summed E-state index contributed by atoms with van der Waals surface area (Å²) in [5.74, 6) is 1.33.